The molecule has 0 radical (unpaired) electrons. The van der Waals surface area contributed by atoms with E-state index in [1.54, 1.807) is 0 Å². The van der Waals surface area contributed by atoms with Crippen LogP contribution in [0.25, 0.3) is 0 Å². The van der Waals surface area contributed by atoms with Crippen molar-refractivity contribution in [3.63, 3.8) is 0 Å². The summed E-state index contributed by atoms with van der Waals surface area (Å²) < 4.78 is 5.50. The van der Waals surface area contributed by atoms with Gasteiger partial charge in [0, 0.05) is 30.7 Å². The zero-order chi connectivity index (χ0) is 13.0. The molecule has 1 fully saturated rings. The van der Waals surface area contributed by atoms with Crippen LogP contribution in [0.5, 0.6) is 0 Å². The van der Waals surface area contributed by atoms with E-state index in [0.29, 0.717) is 18.7 Å². The van der Waals surface area contributed by atoms with Crippen molar-refractivity contribution in [3.8, 4) is 0 Å². The van der Waals surface area contributed by atoms with E-state index in [9.17, 15) is 0 Å². The van der Waals surface area contributed by atoms with Crippen molar-refractivity contribution in [2.24, 2.45) is 0 Å². The average molecular weight is 259 g/mol. The van der Waals surface area contributed by atoms with Crippen LogP contribution in [0.15, 0.2) is 6.07 Å². The number of ether oxygens (including phenoxy) is 1. The van der Waals surface area contributed by atoms with Crippen molar-refractivity contribution in [1.29, 1.82) is 0 Å². The van der Waals surface area contributed by atoms with Gasteiger partial charge in [0.05, 0.1) is 18.9 Å². The first-order valence-electron chi connectivity index (χ1n) is 7.36. The van der Waals surface area contributed by atoms with E-state index in [0.717, 1.165) is 31.8 Å². The number of rotatable bonds is 1. The van der Waals surface area contributed by atoms with Crippen LogP contribution in [0, 0.1) is 0 Å². The minimum absolute atomic E-state index is 0.563. The zero-order valence-electron chi connectivity index (χ0n) is 11.7. The topological polar surface area (TPSA) is 28.6 Å². The minimum atomic E-state index is 0.563. The first-order valence-corrected chi connectivity index (χ1v) is 7.36. The predicted octanol–water partition coefficient (Wildman–Crippen LogP) is 1.57. The highest BCUT2D eigenvalue weighted by atomic mass is 16.5. The molecular weight excluding hydrogens is 238 g/mol. The maximum atomic E-state index is 5.50. The molecule has 1 saturated heterocycles. The predicted molar refractivity (Wildman–Crippen MR) is 74.3 cm³/mol. The van der Waals surface area contributed by atoms with Gasteiger partial charge < -0.3 is 9.64 Å². The molecule has 102 valence electrons. The summed E-state index contributed by atoms with van der Waals surface area (Å²) in [7, 11) is 0. The zero-order valence-corrected chi connectivity index (χ0v) is 11.7. The van der Waals surface area contributed by atoms with Gasteiger partial charge in [-0.1, -0.05) is 6.92 Å². The normalized spacial score (nSPS) is 29.3. The van der Waals surface area contributed by atoms with Gasteiger partial charge >= 0.3 is 0 Å². The molecular formula is C15H21N3O. The molecule has 1 aromatic rings. The lowest BCUT2D eigenvalue weighted by molar-refractivity contribution is 0.133. The molecule has 0 unspecified atom stereocenters. The monoisotopic (exact) mass is 259 g/mol. The highest BCUT2D eigenvalue weighted by Gasteiger charge is 2.39. The summed E-state index contributed by atoms with van der Waals surface area (Å²) in [5, 5.41) is 0. The molecule has 0 aromatic carbocycles. The molecule has 0 amide bonds. The van der Waals surface area contributed by atoms with Crippen LogP contribution in [0.4, 0.5) is 5.82 Å². The van der Waals surface area contributed by atoms with Crippen molar-refractivity contribution in [1.82, 2.24) is 9.88 Å². The van der Waals surface area contributed by atoms with Gasteiger partial charge in [0.2, 0.25) is 0 Å². The SMILES string of the molecule is CCN1C[C@H]2Cc3cc4c(nc3N2[C@H](C)C1)COC4. The minimum Gasteiger partial charge on any atom is -0.370 e. The van der Waals surface area contributed by atoms with E-state index in [2.05, 4.69) is 29.7 Å². The Balaban J connectivity index is 1.71. The van der Waals surface area contributed by atoms with Crippen molar-refractivity contribution in [2.75, 3.05) is 24.5 Å². The second-order valence-corrected chi connectivity index (χ2v) is 6.04. The first kappa shape index (κ1) is 11.7. The number of hydrogen-bond donors (Lipinski definition) is 0. The fourth-order valence-corrected chi connectivity index (χ4v) is 3.85. The Labute approximate surface area is 114 Å². The van der Waals surface area contributed by atoms with Gasteiger partial charge in [0.25, 0.3) is 0 Å². The van der Waals surface area contributed by atoms with E-state index in [-0.39, 0.29) is 0 Å². The lowest BCUT2D eigenvalue weighted by atomic mass is 10.1. The molecule has 19 heavy (non-hydrogen) atoms. The molecule has 0 bridgehead atoms. The van der Waals surface area contributed by atoms with E-state index in [1.165, 1.54) is 23.5 Å². The Bertz CT molecular complexity index is 516. The molecule has 4 heteroatoms. The summed E-state index contributed by atoms with van der Waals surface area (Å²) >= 11 is 0. The van der Waals surface area contributed by atoms with Crippen LogP contribution in [-0.2, 0) is 24.4 Å². The van der Waals surface area contributed by atoms with Gasteiger partial charge in [0.1, 0.15) is 5.82 Å². The Morgan fingerprint density at radius 2 is 2.21 bits per heavy atom. The maximum absolute atomic E-state index is 5.50. The van der Waals surface area contributed by atoms with Gasteiger partial charge in [-0.15, -0.1) is 0 Å². The van der Waals surface area contributed by atoms with Crippen LogP contribution >= 0.6 is 0 Å². The molecule has 4 rings (SSSR count). The molecule has 0 spiro atoms. The molecule has 4 nitrogen and oxygen atoms in total. The van der Waals surface area contributed by atoms with Crippen molar-refractivity contribution in [2.45, 2.75) is 45.6 Å². The van der Waals surface area contributed by atoms with Crippen LogP contribution in [0.1, 0.15) is 30.7 Å². The number of pyridine rings is 1. The lowest BCUT2D eigenvalue weighted by Crippen LogP contribution is -2.56. The van der Waals surface area contributed by atoms with Gasteiger partial charge in [0.15, 0.2) is 0 Å². The third-order valence-electron chi connectivity index (χ3n) is 4.75. The molecule has 0 saturated carbocycles. The lowest BCUT2D eigenvalue weighted by Gasteiger charge is -2.43. The van der Waals surface area contributed by atoms with E-state index in [1.807, 2.05) is 0 Å². The Morgan fingerprint density at radius 1 is 1.32 bits per heavy atom. The summed E-state index contributed by atoms with van der Waals surface area (Å²) in [6, 6.07) is 3.52. The molecule has 1 aromatic heterocycles. The van der Waals surface area contributed by atoms with Crippen LogP contribution in [-0.4, -0.2) is 41.6 Å². The summed E-state index contributed by atoms with van der Waals surface area (Å²) in [6.45, 7) is 9.51. The Hall–Kier alpha value is -1.13. The van der Waals surface area contributed by atoms with Crippen LogP contribution in [0.3, 0.4) is 0 Å². The highest BCUT2D eigenvalue weighted by Crippen LogP contribution is 2.37. The van der Waals surface area contributed by atoms with E-state index in [4.69, 9.17) is 9.72 Å². The summed E-state index contributed by atoms with van der Waals surface area (Å²) in [5.74, 6) is 1.23. The number of aromatic nitrogens is 1. The first-order chi connectivity index (χ1) is 9.26. The highest BCUT2D eigenvalue weighted by molar-refractivity contribution is 5.57. The van der Waals surface area contributed by atoms with Crippen molar-refractivity contribution in [3.05, 3.63) is 22.9 Å². The Kier molecular flexibility index (Phi) is 2.57. The van der Waals surface area contributed by atoms with Gasteiger partial charge in [-0.3, -0.25) is 4.90 Å². The fraction of sp³-hybridized carbons (Fsp3) is 0.667. The second kappa shape index (κ2) is 4.18. The molecule has 3 aliphatic rings. The van der Waals surface area contributed by atoms with Gasteiger partial charge in [-0.05, 0) is 31.5 Å². The standard InChI is InChI=1S/C15H21N3O/c1-3-17-6-10(2)18-13(7-17)5-11-4-12-8-19-9-14(12)16-15(11)18/h4,10,13H,3,5-9H2,1-2H3/t10-,13-/m1/s1. The van der Waals surface area contributed by atoms with Crippen LogP contribution in [0.2, 0.25) is 0 Å². The third kappa shape index (κ3) is 1.70. The molecule has 0 aliphatic carbocycles. The number of likely N-dealkylation sites (N-methyl/N-ethyl adjacent to an activating group) is 1. The Morgan fingerprint density at radius 3 is 3.05 bits per heavy atom. The second-order valence-electron chi connectivity index (χ2n) is 6.04. The number of piperazine rings is 1. The molecule has 4 heterocycles. The molecule has 2 atom stereocenters. The van der Waals surface area contributed by atoms with Gasteiger partial charge in [-0.25, -0.2) is 4.98 Å². The summed E-state index contributed by atoms with van der Waals surface area (Å²) in [4.78, 5) is 10.0. The van der Waals surface area contributed by atoms with E-state index < -0.39 is 0 Å². The molecule has 0 N–H and O–H groups in total. The quantitative estimate of drug-likeness (QED) is 0.765. The fourth-order valence-electron chi connectivity index (χ4n) is 3.85. The van der Waals surface area contributed by atoms with Crippen molar-refractivity contribution < 1.29 is 4.74 Å². The largest absolute Gasteiger partial charge is 0.370 e. The van der Waals surface area contributed by atoms with Crippen molar-refractivity contribution >= 4 is 5.82 Å². The smallest absolute Gasteiger partial charge is 0.132 e. The number of fused-ring (bicyclic) bond motifs is 4. The van der Waals surface area contributed by atoms with E-state index >= 15 is 0 Å². The molecule has 3 aliphatic heterocycles. The number of anilines is 1. The maximum Gasteiger partial charge on any atom is 0.132 e. The number of nitrogens with zero attached hydrogens (tertiary/aromatic N) is 3. The average Bonchev–Trinajstić information content (AvgIpc) is 2.98. The number of hydrogen-bond acceptors (Lipinski definition) is 4. The van der Waals surface area contributed by atoms with Gasteiger partial charge in [-0.2, -0.15) is 0 Å². The summed E-state index contributed by atoms with van der Waals surface area (Å²) in [6.07, 6.45) is 1.15. The summed E-state index contributed by atoms with van der Waals surface area (Å²) in [5.41, 5.74) is 3.89. The third-order valence-corrected chi connectivity index (χ3v) is 4.75. The van der Waals surface area contributed by atoms with Crippen LogP contribution < -0.4 is 4.90 Å².